The standard InChI is InChI=1S/C15H18N2O7/c1-22-12-7-10(11(17(20)21)8-13(12)23-2)15(19)24-9-14(18)16-5-3-4-6-16/h7-8H,3-6,9H2,1-2H3. The second-order valence-electron chi connectivity index (χ2n) is 5.15. The molecule has 0 radical (unpaired) electrons. The maximum atomic E-state index is 12.2. The average molecular weight is 338 g/mol. The van der Waals surface area contributed by atoms with E-state index in [0.717, 1.165) is 18.9 Å². The fourth-order valence-electron chi connectivity index (χ4n) is 2.45. The molecule has 130 valence electrons. The van der Waals surface area contributed by atoms with Gasteiger partial charge in [0.05, 0.1) is 25.2 Å². The molecule has 1 heterocycles. The van der Waals surface area contributed by atoms with E-state index < -0.39 is 23.2 Å². The number of methoxy groups -OCH3 is 2. The van der Waals surface area contributed by atoms with Gasteiger partial charge in [-0.05, 0) is 12.8 Å². The van der Waals surface area contributed by atoms with Crippen molar-refractivity contribution in [3.8, 4) is 11.5 Å². The first kappa shape index (κ1) is 17.5. The molecule has 1 aromatic rings. The van der Waals surface area contributed by atoms with E-state index in [1.54, 1.807) is 4.90 Å². The van der Waals surface area contributed by atoms with E-state index >= 15 is 0 Å². The Bertz CT molecular complexity index is 653. The van der Waals surface area contributed by atoms with Crippen molar-refractivity contribution in [1.29, 1.82) is 0 Å². The lowest BCUT2D eigenvalue weighted by atomic mass is 10.1. The van der Waals surface area contributed by atoms with Gasteiger partial charge in [0.1, 0.15) is 5.56 Å². The summed E-state index contributed by atoms with van der Waals surface area (Å²) in [7, 11) is 2.67. The van der Waals surface area contributed by atoms with Crippen molar-refractivity contribution in [3.63, 3.8) is 0 Å². The molecule has 1 aromatic carbocycles. The number of amides is 1. The molecule has 0 unspecified atom stereocenters. The lowest BCUT2D eigenvalue weighted by Crippen LogP contribution is -2.32. The molecular formula is C15H18N2O7. The van der Waals surface area contributed by atoms with Crippen molar-refractivity contribution >= 4 is 17.6 Å². The molecular weight excluding hydrogens is 320 g/mol. The predicted octanol–water partition coefficient (Wildman–Crippen LogP) is 1.39. The highest BCUT2D eigenvalue weighted by atomic mass is 16.6. The predicted molar refractivity (Wildman–Crippen MR) is 82.3 cm³/mol. The van der Waals surface area contributed by atoms with Gasteiger partial charge < -0.3 is 19.1 Å². The summed E-state index contributed by atoms with van der Waals surface area (Å²) in [6, 6.07) is 2.25. The summed E-state index contributed by atoms with van der Waals surface area (Å²) < 4.78 is 15.0. The van der Waals surface area contributed by atoms with Gasteiger partial charge in [0.25, 0.3) is 11.6 Å². The summed E-state index contributed by atoms with van der Waals surface area (Å²) in [4.78, 5) is 36.1. The van der Waals surface area contributed by atoms with Crippen molar-refractivity contribution in [1.82, 2.24) is 4.90 Å². The van der Waals surface area contributed by atoms with E-state index in [1.165, 1.54) is 20.3 Å². The second-order valence-corrected chi connectivity index (χ2v) is 5.15. The minimum Gasteiger partial charge on any atom is -0.493 e. The van der Waals surface area contributed by atoms with E-state index in [-0.39, 0.29) is 23.0 Å². The molecule has 9 heteroatoms. The summed E-state index contributed by atoms with van der Waals surface area (Å²) in [6.45, 7) is 0.810. The van der Waals surface area contributed by atoms with Crippen LogP contribution >= 0.6 is 0 Å². The van der Waals surface area contributed by atoms with Gasteiger partial charge in [-0.3, -0.25) is 14.9 Å². The highest BCUT2D eigenvalue weighted by Crippen LogP contribution is 2.34. The number of ether oxygens (including phenoxy) is 3. The number of nitro benzene ring substituents is 1. The van der Waals surface area contributed by atoms with Crippen LogP contribution in [0.25, 0.3) is 0 Å². The molecule has 0 N–H and O–H groups in total. The van der Waals surface area contributed by atoms with Crippen LogP contribution in [0.5, 0.6) is 11.5 Å². The Morgan fingerprint density at radius 3 is 2.29 bits per heavy atom. The Kier molecular flexibility index (Phi) is 5.56. The largest absolute Gasteiger partial charge is 0.493 e. The van der Waals surface area contributed by atoms with E-state index in [4.69, 9.17) is 14.2 Å². The molecule has 0 saturated carbocycles. The van der Waals surface area contributed by atoms with E-state index in [2.05, 4.69) is 0 Å². The Hall–Kier alpha value is -2.84. The third-order valence-electron chi connectivity index (χ3n) is 3.70. The minimum atomic E-state index is -0.963. The number of esters is 1. The first-order valence-corrected chi connectivity index (χ1v) is 7.33. The molecule has 9 nitrogen and oxygen atoms in total. The van der Waals surface area contributed by atoms with Crippen molar-refractivity contribution in [3.05, 3.63) is 27.8 Å². The second kappa shape index (κ2) is 7.62. The van der Waals surface area contributed by atoms with Gasteiger partial charge in [0.2, 0.25) is 0 Å². The van der Waals surface area contributed by atoms with E-state index in [0.29, 0.717) is 13.1 Å². The van der Waals surface area contributed by atoms with Crippen LogP contribution in [-0.2, 0) is 9.53 Å². The van der Waals surface area contributed by atoms with Gasteiger partial charge >= 0.3 is 5.97 Å². The van der Waals surface area contributed by atoms with Crippen LogP contribution in [-0.4, -0.2) is 55.6 Å². The van der Waals surface area contributed by atoms with Crippen LogP contribution in [0.3, 0.4) is 0 Å². The van der Waals surface area contributed by atoms with Crippen LogP contribution in [0.4, 0.5) is 5.69 Å². The number of nitro groups is 1. The van der Waals surface area contributed by atoms with Crippen LogP contribution in [0.15, 0.2) is 12.1 Å². The third kappa shape index (κ3) is 3.73. The quantitative estimate of drug-likeness (QED) is 0.438. The highest BCUT2D eigenvalue weighted by Gasteiger charge is 2.27. The number of rotatable bonds is 6. The molecule has 0 aromatic heterocycles. The monoisotopic (exact) mass is 338 g/mol. The average Bonchev–Trinajstić information content (AvgIpc) is 3.12. The summed E-state index contributed by atoms with van der Waals surface area (Å²) in [5.41, 5.74) is -0.779. The summed E-state index contributed by atoms with van der Waals surface area (Å²) >= 11 is 0. The van der Waals surface area contributed by atoms with Gasteiger partial charge in [0, 0.05) is 19.2 Å². The number of benzene rings is 1. The summed E-state index contributed by atoms with van der Waals surface area (Å²) in [6.07, 6.45) is 1.83. The molecule has 1 aliphatic rings. The van der Waals surface area contributed by atoms with Gasteiger partial charge in [-0.15, -0.1) is 0 Å². The SMILES string of the molecule is COc1cc(C(=O)OCC(=O)N2CCCC2)c([N+](=O)[O-])cc1OC. The first-order chi connectivity index (χ1) is 11.5. The summed E-state index contributed by atoms with van der Waals surface area (Å²) in [5, 5.41) is 11.2. The van der Waals surface area contributed by atoms with Crippen LogP contribution in [0.2, 0.25) is 0 Å². The molecule has 24 heavy (non-hydrogen) atoms. The van der Waals surface area contributed by atoms with E-state index in [1.807, 2.05) is 0 Å². The first-order valence-electron chi connectivity index (χ1n) is 7.33. The summed E-state index contributed by atoms with van der Waals surface area (Å²) in [5.74, 6) is -1.01. The van der Waals surface area contributed by atoms with Crippen molar-refractivity contribution in [2.24, 2.45) is 0 Å². The zero-order valence-electron chi connectivity index (χ0n) is 13.4. The maximum Gasteiger partial charge on any atom is 0.345 e. The van der Waals surface area contributed by atoms with Crippen molar-refractivity contribution < 1.29 is 28.7 Å². The Balaban J connectivity index is 2.17. The van der Waals surface area contributed by atoms with Gasteiger partial charge in [0.15, 0.2) is 18.1 Å². The number of hydrogen-bond donors (Lipinski definition) is 0. The molecule has 1 aliphatic heterocycles. The van der Waals surface area contributed by atoms with Crippen molar-refractivity contribution in [2.75, 3.05) is 33.9 Å². The number of carbonyl (C=O) groups excluding carboxylic acids is 2. The van der Waals surface area contributed by atoms with Crippen LogP contribution in [0, 0.1) is 10.1 Å². The number of likely N-dealkylation sites (tertiary alicyclic amines) is 1. The zero-order valence-corrected chi connectivity index (χ0v) is 13.4. The molecule has 2 rings (SSSR count). The molecule has 0 bridgehead atoms. The number of nitrogens with zero attached hydrogens (tertiary/aromatic N) is 2. The Labute approximate surface area is 138 Å². The topological polar surface area (TPSA) is 108 Å². The number of hydrogen-bond acceptors (Lipinski definition) is 7. The highest BCUT2D eigenvalue weighted by molar-refractivity contribution is 5.96. The number of carbonyl (C=O) groups is 2. The molecule has 0 aliphatic carbocycles. The van der Waals surface area contributed by atoms with Crippen LogP contribution in [0.1, 0.15) is 23.2 Å². The molecule has 0 spiro atoms. The van der Waals surface area contributed by atoms with Gasteiger partial charge in [-0.2, -0.15) is 0 Å². The molecule has 1 amide bonds. The molecule has 0 atom stereocenters. The lowest BCUT2D eigenvalue weighted by molar-refractivity contribution is -0.385. The Morgan fingerprint density at radius 1 is 1.17 bits per heavy atom. The third-order valence-corrected chi connectivity index (χ3v) is 3.70. The van der Waals surface area contributed by atoms with E-state index in [9.17, 15) is 19.7 Å². The van der Waals surface area contributed by atoms with Crippen LogP contribution < -0.4 is 9.47 Å². The Morgan fingerprint density at radius 2 is 1.75 bits per heavy atom. The minimum absolute atomic E-state index is 0.119. The van der Waals surface area contributed by atoms with Crippen molar-refractivity contribution in [2.45, 2.75) is 12.8 Å². The maximum absolute atomic E-state index is 12.2. The fourth-order valence-corrected chi connectivity index (χ4v) is 2.45. The van der Waals surface area contributed by atoms with Gasteiger partial charge in [-0.1, -0.05) is 0 Å². The van der Waals surface area contributed by atoms with Gasteiger partial charge in [-0.25, -0.2) is 4.79 Å². The fraction of sp³-hybridized carbons (Fsp3) is 0.467. The molecule has 1 saturated heterocycles. The smallest absolute Gasteiger partial charge is 0.345 e. The zero-order chi connectivity index (χ0) is 17.7. The molecule has 1 fully saturated rings. The lowest BCUT2D eigenvalue weighted by Gasteiger charge is -2.15. The normalized spacial score (nSPS) is 13.5.